The summed E-state index contributed by atoms with van der Waals surface area (Å²) in [4.78, 5) is 27.5. The molecule has 0 radical (unpaired) electrons. The average molecular weight is 421 g/mol. The Kier molecular flexibility index (Phi) is 6.21. The van der Waals surface area contributed by atoms with E-state index < -0.39 is 0 Å². The molecule has 0 bridgehead atoms. The molecule has 31 heavy (non-hydrogen) atoms. The van der Waals surface area contributed by atoms with Crippen LogP contribution in [0.25, 0.3) is 0 Å². The number of likely N-dealkylation sites (tertiary alicyclic amines) is 1. The Bertz CT molecular complexity index is 1100. The number of aromatic nitrogens is 3. The summed E-state index contributed by atoms with van der Waals surface area (Å²) >= 11 is 0. The number of amides is 1. The number of methoxy groups -OCH3 is 1. The Morgan fingerprint density at radius 3 is 2.45 bits per heavy atom. The quantitative estimate of drug-likeness (QED) is 0.615. The second-order valence-corrected chi connectivity index (χ2v) is 7.92. The number of carbonyl (C=O) groups excluding carboxylic acids is 1. The van der Waals surface area contributed by atoms with Crippen molar-refractivity contribution in [2.45, 2.75) is 31.7 Å². The van der Waals surface area contributed by atoms with E-state index in [0.29, 0.717) is 30.9 Å². The van der Waals surface area contributed by atoms with Gasteiger partial charge < -0.3 is 9.64 Å². The third kappa shape index (κ3) is 4.40. The number of aryl methyl sites for hydroxylation is 2. The zero-order valence-electron chi connectivity index (χ0n) is 18.0. The molecule has 7 nitrogen and oxygen atoms in total. The largest absolute Gasteiger partial charge is 0.496 e. The SMILES string of the molecule is COc1ccccc1C(=O)N1CCC(c2nn(C)c(=O)n2CCc2ccccc2)CC1. The fourth-order valence-corrected chi connectivity index (χ4v) is 4.25. The van der Waals surface area contributed by atoms with Gasteiger partial charge in [0.15, 0.2) is 0 Å². The van der Waals surface area contributed by atoms with E-state index in [1.807, 2.05) is 35.2 Å². The maximum absolute atomic E-state index is 13.0. The Morgan fingerprint density at radius 2 is 1.74 bits per heavy atom. The van der Waals surface area contributed by atoms with Gasteiger partial charge >= 0.3 is 5.69 Å². The predicted molar refractivity (Wildman–Crippen MR) is 118 cm³/mol. The van der Waals surface area contributed by atoms with E-state index in [1.165, 1.54) is 10.2 Å². The minimum Gasteiger partial charge on any atom is -0.496 e. The first-order valence-corrected chi connectivity index (χ1v) is 10.7. The molecule has 1 fully saturated rings. The van der Waals surface area contributed by atoms with E-state index in [1.54, 1.807) is 30.9 Å². The lowest BCUT2D eigenvalue weighted by atomic mass is 9.95. The molecule has 162 valence electrons. The highest BCUT2D eigenvalue weighted by molar-refractivity contribution is 5.97. The van der Waals surface area contributed by atoms with Crippen LogP contribution in [0.2, 0.25) is 0 Å². The van der Waals surface area contributed by atoms with Gasteiger partial charge in [0.2, 0.25) is 0 Å². The summed E-state index contributed by atoms with van der Waals surface area (Å²) in [6, 6.07) is 17.5. The van der Waals surface area contributed by atoms with E-state index in [4.69, 9.17) is 4.74 Å². The molecular weight excluding hydrogens is 392 g/mol. The van der Waals surface area contributed by atoms with Crippen LogP contribution in [0.4, 0.5) is 0 Å². The molecule has 4 rings (SSSR count). The molecule has 2 heterocycles. The van der Waals surface area contributed by atoms with Gasteiger partial charge in [-0.05, 0) is 37.0 Å². The van der Waals surface area contributed by atoms with Gasteiger partial charge in [0.1, 0.15) is 11.6 Å². The molecule has 7 heteroatoms. The second kappa shape index (κ2) is 9.20. The molecule has 1 aliphatic rings. The molecule has 1 amide bonds. The van der Waals surface area contributed by atoms with Gasteiger partial charge in [-0.15, -0.1) is 0 Å². The van der Waals surface area contributed by atoms with E-state index in [2.05, 4.69) is 17.2 Å². The predicted octanol–water partition coefficient (Wildman–Crippen LogP) is 2.85. The maximum Gasteiger partial charge on any atom is 0.345 e. The van der Waals surface area contributed by atoms with Crippen LogP contribution in [-0.4, -0.2) is 45.4 Å². The van der Waals surface area contributed by atoms with Crippen LogP contribution in [0.3, 0.4) is 0 Å². The normalized spacial score (nSPS) is 14.6. The fourth-order valence-electron chi connectivity index (χ4n) is 4.25. The summed E-state index contributed by atoms with van der Waals surface area (Å²) in [5.74, 6) is 1.56. The van der Waals surface area contributed by atoms with E-state index in [9.17, 15) is 9.59 Å². The molecule has 0 spiro atoms. The van der Waals surface area contributed by atoms with Crippen molar-refractivity contribution in [3.8, 4) is 5.75 Å². The zero-order valence-corrected chi connectivity index (χ0v) is 18.0. The van der Waals surface area contributed by atoms with Crippen LogP contribution in [0, 0.1) is 0 Å². The Labute approximate surface area is 181 Å². The van der Waals surface area contributed by atoms with Crippen LogP contribution in [0.5, 0.6) is 5.75 Å². The van der Waals surface area contributed by atoms with Gasteiger partial charge in [0.05, 0.1) is 12.7 Å². The van der Waals surface area contributed by atoms with Gasteiger partial charge in [-0.2, -0.15) is 5.10 Å². The smallest absolute Gasteiger partial charge is 0.345 e. The lowest BCUT2D eigenvalue weighted by molar-refractivity contribution is 0.0706. The van der Waals surface area contributed by atoms with Crippen molar-refractivity contribution >= 4 is 5.91 Å². The second-order valence-electron chi connectivity index (χ2n) is 7.92. The summed E-state index contributed by atoms with van der Waals surface area (Å²) in [6.07, 6.45) is 2.34. The molecule has 3 aromatic rings. The summed E-state index contributed by atoms with van der Waals surface area (Å²) in [6.45, 7) is 1.86. The highest BCUT2D eigenvalue weighted by Gasteiger charge is 2.29. The Hall–Kier alpha value is -3.35. The summed E-state index contributed by atoms with van der Waals surface area (Å²) in [7, 11) is 3.28. The number of carbonyl (C=O) groups is 1. The molecule has 1 aromatic heterocycles. The van der Waals surface area contributed by atoms with Crippen molar-refractivity contribution in [1.29, 1.82) is 0 Å². The van der Waals surface area contributed by atoms with Crippen molar-refractivity contribution in [1.82, 2.24) is 19.2 Å². The molecule has 0 saturated carbocycles. The Morgan fingerprint density at radius 1 is 1.06 bits per heavy atom. The molecule has 0 aliphatic carbocycles. The van der Waals surface area contributed by atoms with Crippen LogP contribution >= 0.6 is 0 Å². The third-order valence-corrected chi connectivity index (χ3v) is 5.99. The number of nitrogens with zero attached hydrogens (tertiary/aromatic N) is 4. The van der Waals surface area contributed by atoms with Crippen molar-refractivity contribution in [3.63, 3.8) is 0 Å². The van der Waals surface area contributed by atoms with E-state index in [0.717, 1.165) is 25.1 Å². The number of hydrogen-bond acceptors (Lipinski definition) is 4. The van der Waals surface area contributed by atoms with Gasteiger partial charge in [-0.3, -0.25) is 9.36 Å². The first kappa shape index (κ1) is 20.9. The third-order valence-electron chi connectivity index (χ3n) is 5.99. The molecule has 1 aliphatic heterocycles. The first-order chi connectivity index (χ1) is 15.1. The van der Waals surface area contributed by atoms with Gasteiger partial charge in [0.25, 0.3) is 5.91 Å². The molecule has 0 atom stereocenters. The Balaban J connectivity index is 1.46. The van der Waals surface area contributed by atoms with Gasteiger partial charge in [0, 0.05) is 32.6 Å². The number of rotatable bonds is 6. The summed E-state index contributed by atoms with van der Waals surface area (Å²) in [5.41, 5.74) is 1.70. The van der Waals surface area contributed by atoms with Crippen LogP contribution < -0.4 is 10.4 Å². The average Bonchev–Trinajstić information content (AvgIpc) is 3.11. The lowest BCUT2D eigenvalue weighted by Crippen LogP contribution is -2.38. The van der Waals surface area contributed by atoms with Crippen LogP contribution in [0.1, 0.15) is 40.5 Å². The number of piperidine rings is 1. The van der Waals surface area contributed by atoms with Crippen molar-refractivity contribution in [2.24, 2.45) is 7.05 Å². The topological polar surface area (TPSA) is 69.4 Å². The summed E-state index contributed by atoms with van der Waals surface area (Å²) < 4.78 is 8.57. The van der Waals surface area contributed by atoms with E-state index in [-0.39, 0.29) is 17.5 Å². The van der Waals surface area contributed by atoms with Crippen LogP contribution in [0.15, 0.2) is 59.4 Å². The number of ether oxygens (including phenoxy) is 1. The zero-order chi connectivity index (χ0) is 21.8. The fraction of sp³-hybridized carbons (Fsp3) is 0.375. The van der Waals surface area contributed by atoms with Crippen molar-refractivity contribution in [2.75, 3.05) is 20.2 Å². The van der Waals surface area contributed by atoms with Gasteiger partial charge in [-0.25, -0.2) is 9.48 Å². The first-order valence-electron chi connectivity index (χ1n) is 10.7. The molecule has 0 N–H and O–H groups in total. The molecule has 1 saturated heterocycles. The van der Waals surface area contributed by atoms with Crippen molar-refractivity contribution in [3.05, 3.63) is 82.0 Å². The summed E-state index contributed by atoms with van der Waals surface area (Å²) in [5, 5.41) is 4.55. The number of para-hydroxylation sites is 1. The van der Waals surface area contributed by atoms with Crippen molar-refractivity contribution < 1.29 is 9.53 Å². The highest BCUT2D eigenvalue weighted by atomic mass is 16.5. The van der Waals surface area contributed by atoms with Crippen LogP contribution in [-0.2, 0) is 20.0 Å². The highest BCUT2D eigenvalue weighted by Crippen LogP contribution is 2.28. The standard InChI is InChI=1S/C24H28N4O3/c1-26-24(30)28(17-12-18-8-4-3-5-9-18)22(25-26)19-13-15-27(16-14-19)23(29)20-10-6-7-11-21(20)31-2/h3-11,19H,12-17H2,1-2H3. The lowest BCUT2D eigenvalue weighted by Gasteiger charge is -2.32. The van der Waals surface area contributed by atoms with E-state index >= 15 is 0 Å². The minimum absolute atomic E-state index is 0.0154. The van der Waals surface area contributed by atoms with Gasteiger partial charge in [-0.1, -0.05) is 42.5 Å². The number of benzene rings is 2. The number of hydrogen-bond donors (Lipinski definition) is 0. The molecule has 2 aromatic carbocycles. The molecular formula is C24H28N4O3. The maximum atomic E-state index is 13.0. The monoisotopic (exact) mass is 420 g/mol. The molecule has 0 unspecified atom stereocenters. The minimum atomic E-state index is -0.0848.